The molecule has 0 radical (unpaired) electrons. The minimum absolute atomic E-state index is 0.347. The summed E-state index contributed by atoms with van der Waals surface area (Å²) in [7, 11) is 1.59. The number of amides is 1. The second kappa shape index (κ2) is 11.5. The van der Waals surface area contributed by atoms with Crippen LogP contribution in [0.25, 0.3) is 0 Å². The summed E-state index contributed by atoms with van der Waals surface area (Å²) in [5, 5.41) is 4.01. The monoisotopic (exact) mass is 462 g/mol. The van der Waals surface area contributed by atoms with Crippen LogP contribution >= 0.6 is 15.9 Å². The van der Waals surface area contributed by atoms with Gasteiger partial charge >= 0.3 is 0 Å². The van der Waals surface area contributed by atoms with Crippen molar-refractivity contribution in [3.05, 3.63) is 52.0 Å². The molecule has 0 saturated heterocycles. The Hall–Kier alpha value is -2.54. The van der Waals surface area contributed by atoms with Gasteiger partial charge < -0.3 is 14.2 Å². The summed E-state index contributed by atoms with van der Waals surface area (Å²) in [5.74, 6) is 1.57. The fraction of sp³-hybridized carbons (Fsp3) is 0.364. The van der Waals surface area contributed by atoms with Crippen LogP contribution in [0, 0.1) is 6.92 Å². The zero-order chi connectivity index (χ0) is 21.2. The number of methoxy groups -OCH3 is 1. The lowest BCUT2D eigenvalue weighted by Gasteiger charge is -2.14. The van der Waals surface area contributed by atoms with Crippen molar-refractivity contribution < 1.29 is 19.0 Å². The van der Waals surface area contributed by atoms with Crippen LogP contribution in [0.2, 0.25) is 0 Å². The maximum absolute atomic E-state index is 12.2. The van der Waals surface area contributed by atoms with E-state index in [1.54, 1.807) is 26.3 Å². The number of hydrogen-bond donors (Lipinski definition) is 1. The number of ether oxygens (including phenoxy) is 3. The minimum Gasteiger partial charge on any atom is -0.493 e. The molecule has 0 heterocycles. The maximum atomic E-state index is 12.2. The van der Waals surface area contributed by atoms with E-state index in [0.29, 0.717) is 23.9 Å². The zero-order valence-corrected chi connectivity index (χ0v) is 18.8. The number of benzene rings is 2. The molecule has 156 valence electrons. The van der Waals surface area contributed by atoms with Crippen LogP contribution in [0.5, 0.6) is 17.2 Å². The van der Waals surface area contributed by atoms with Gasteiger partial charge in [-0.15, -0.1) is 0 Å². The van der Waals surface area contributed by atoms with Crippen LogP contribution in [0.3, 0.4) is 0 Å². The number of carbonyl (C=O) groups excluding carboxylic acids is 1. The third-order valence-electron chi connectivity index (χ3n) is 4.09. The number of carbonyl (C=O) groups is 1. The normalized spacial score (nSPS) is 11.9. The van der Waals surface area contributed by atoms with Gasteiger partial charge in [-0.3, -0.25) is 4.79 Å². The molecular formula is C22H27BrN2O4. The number of nitrogens with zero attached hydrogens (tertiary/aromatic N) is 1. The molecule has 0 aliphatic heterocycles. The van der Waals surface area contributed by atoms with Crippen molar-refractivity contribution in [1.82, 2.24) is 5.43 Å². The highest BCUT2D eigenvalue weighted by atomic mass is 79.9. The van der Waals surface area contributed by atoms with Gasteiger partial charge in [-0.05, 0) is 77.7 Å². The first kappa shape index (κ1) is 22.7. The van der Waals surface area contributed by atoms with Crippen LogP contribution < -0.4 is 19.6 Å². The van der Waals surface area contributed by atoms with Crippen molar-refractivity contribution in [2.45, 2.75) is 39.7 Å². The molecule has 0 spiro atoms. The molecule has 1 amide bonds. The van der Waals surface area contributed by atoms with Crippen LogP contribution in [-0.2, 0) is 4.79 Å². The van der Waals surface area contributed by atoms with E-state index >= 15 is 0 Å². The summed E-state index contributed by atoms with van der Waals surface area (Å²) >= 11 is 3.44. The molecule has 6 nitrogen and oxygen atoms in total. The van der Waals surface area contributed by atoms with E-state index < -0.39 is 6.10 Å². The van der Waals surface area contributed by atoms with E-state index in [1.165, 1.54) is 0 Å². The predicted molar refractivity (Wildman–Crippen MR) is 118 cm³/mol. The van der Waals surface area contributed by atoms with Crippen LogP contribution in [0.4, 0.5) is 0 Å². The van der Waals surface area contributed by atoms with E-state index in [-0.39, 0.29) is 5.91 Å². The lowest BCUT2D eigenvalue weighted by molar-refractivity contribution is -0.127. The number of hydrogen-bond acceptors (Lipinski definition) is 5. The summed E-state index contributed by atoms with van der Waals surface area (Å²) in [6, 6.07) is 11.2. The van der Waals surface area contributed by atoms with Crippen molar-refractivity contribution in [3.63, 3.8) is 0 Å². The molecule has 2 aromatic carbocycles. The zero-order valence-electron chi connectivity index (χ0n) is 17.2. The molecule has 7 heteroatoms. The summed E-state index contributed by atoms with van der Waals surface area (Å²) < 4.78 is 17.6. The van der Waals surface area contributed by atoms with Crippen molar-refractivity contribution in [2.75, 3.05) is 13.7 Å². The van der Waals surface area contributed by atoms with Crippen LogP contribution in [-0.4, -0.2) is 31.9 Å². The molecule has 0 aromatic heterocycles. The Kier molecular flexibility index (Phi) is 8.99. The molecule has 1 atom stereocenters. The number of aryl methyl sites for hydroxylation is 1. The van der Waals surface area contributed by atoms with Crippen LogP contribution in [0.15, 0.2) is 46.0 Å². The fourth-order valence-corrected chi connectivity index (χ4v) is 3.00. The number of halogens is 1. The maximum Gasteiger partial charge on any atom is 0.280 e. The highest BCUT2D eigenvalue weighted by Gasteiger charge is 2.15. The summed E-state index contributed by atoms with van der Waals surface area (Å²) in [6.07, 6.45) is 2.90. The lowest BCUT2D eigenvalue weighted by Crippen LogP contribution is -2.33. The highest BCUT2D eigenvalue weighted by Crippen LogP contribution is 2.28. The van der Waals surface area contributed by atoms with Gasteiger partial charge in [0.2, 0.25) is 0 Å². The number of hydrazone groups is 1. The fourth-order valence-electron chi connectivity index (χ4n) is 2.42. The SMILES string of the molecule is CCCCOc1ccc(C=NNC(=O)[C@@H](C)Oc2ccc(C)cc2Br)cc1OC. The summed E-state index contributed by atoms with van der Waals surface area (Å²) in [6.45, 7) is 6.41. The standard InChI is InChI=1S/C22H27BrN2O4/c1-5-6-11-28-20-10-8-17(13-21(20)27-4)14-24-25-22(26)16(3)29-19-9-7-15(2)12-18(19)23/h7-10,12-14,16H,5-6,11H2,1-4H3,(H,25,26)/t16-/m1/s1. The van der Waals surface area contributed by atoms with Gasteiger partial charge in [-0.25, -0.2) is 5.43 Å². The third kappa shape index (κ3) is 7.09. The summed E-state index contributed by atoms with van der Waals surface area (Å²) in [4.78, 5) is 12.2. The molecule has 0 saturated carbocycles. The van der Waals surface area contributed by atoms with Crippen molar-refractivity contribution in [2.24, 2.45) is 5.10 Å². The Morgan fingerprint density at radius 1 is 1.21 bits per heavy atom. The first-order valence-electron chi connectivity index (χ1n) is 9.51. The molecule has 0 unspecified atom stereocenters. The highest BCUT2D eigenvalue weighted by molar-refractivity contribution is 9.10. The Labute approximate surface area is 180 Å². The smallest absolute Gasteiger partial charge is 0.280 e. The number of rotatable bonds is 10. The Bertz CT molecular complexity index is 855. The molecular weight excluding hydrogens is 436 g/mol. The van der Waals surface area contributed by atoms with Crippen molar-refractivity contribution >= 4 is 28.1 Å². The van der Waals surface area contributed by atoms with Gasteiger partial charge in [-0.1, -0.05) is 19.4 Å². The molecule has 0 bridgehead atoms. The van der Waals surface area contributed by atoms with Crippen molar-refractivity contribution in [3.8, 4) is 17.2 Å². The van der Waals surface area contributed by atoms with Crippen molar-refractivity contribution in [1.29, 1.82) is 0 Å². The van der Waals surface area contributed by atoms with Gasteiger partial charge in [0.25, 0.3) is 5.91 Å². The lowest BCUT2D eigenvalue weighted by atomic mass is 10.2. The number of nitrogens with one attached hydrogen (secondary N) is 1. The topological polar surface area (TPSA) is 69.2 Å². The van der Waals surface area contributed by atoms with Gasteiger partial charge in [0, 0.05) is 0 Å². The number of unbranched alkanes of at least 4 members (excludes halogenated alkanes) is 1. The molecule has 0 aliphatic rings. The largest absolute Gasteiger partial charge is 0.493 e. The molecule has 0 aliphatic carbocycles. The molecule has 2 aromatic rings. The first-order valence-corrected chi connectivity index (χ1v) is 10.3. The Morgan fingerprint density at radius 3 is 2.66 bits per heavy atom. The van der Waals surface area contributed by atoms with E-state index in [1.807, 2.05) is 37.3 Å². The molecule has 29 heavy (non-hydrogen) atoms. The van der Waals surface area contributed by atoms with Crippen LogP contribution in [0.1, 0.15) is 37.8 Å². The minimum atomic E-state index is -0.699. The molecule has 2 rings (SSSR count). The average molecular weight is 463 g/mol. The molecule has 0 fully saturated rings. The average Bonchev–Trinajstić information content (AvgIpc) is 2.70. The second-order valence-corrected chi connectivity index (χ2v) is 7.39. The predicted octanol–water partition coefficient (Wildman–Crippen LogP) is 4.86. The van der Waals surface area contributed by atoms with E-state index in [4.69, 9.17) is 14.2 Å². The van der Waals surface area contributed by atoms with Gasteiger partial charge in [0.1, 0.15) is 5.75 Å². The van der Waals surface area contributed by atoms with E-state index in [0.717, 1.165) is 28.4 Å². The van der Waals surface area contributed by atoms with Gasteiger partial charge in [0.15, 0.2) is 17.6 Å². The van der Waals surface area contributed by atoms with Gasteiger partial charge in [-0.2, -0.15) is 5.10 Å². The third-order valence-corrected chi connectivity index (χ3v) is 4.71. The Morgan fingerprint density at radius 2 is 1.97 bits per heavy atom. The van der Waals surface area contributed by atoms with E-state index in [2.05, 4.69) is 33.4 Å². The first-order chi connectivity index (χ1) is 13.9. The second-order valence-electron chi connectivity index (χ2n) is 6.54. The molecule has 1 N–H and O–H groups in total. The summed E-state index contributed by atoms with van der Waals surface area (Å²) in [5.41, 5.74) is 4.37. The Balaban J connectivity index is 1.93. The quantitative estimate of drug-likeness (QED) is 0.310. The van der Waals surface area contributed by atoms with Gasteiger partial charge in [0.05, 0.1) is 24.4 Å². The van der Waals surface area contributed by atoms with E-state index in [9.17, 15) is 4.79 Å².